The fraction of sp³-hybridized carbons (Fsp3) is 0. The van der Waals surface area contributed by atoms with Crippen LogP contribution >= 0.6 is 35.6 Å². The van der Waals surface area contributed by atoms with Gasteiger partial charge < -0.3 is 0 Å². The second-order valence-corrected chi connectivity index (χ2v) is 4.20. The summed E-state index contributed by atoms with van der Waals surface area (Å²) in [7, 11) is -4.27. The number of hydrogen-bond donors (Lipinski definition) is 1. The Morgan fingerprint density at radius 3 is 2.15 bits per heavy atom. The van der Waals surface area contributed by atoms with Gasteiger partial charge in [-0.25, -0.2) is 0 Å². The summed E-state index contributed by atoms with van der Waals surface area (Å²) in [4.78, 5) is -0.378. The van der Waals surface area contributed by atoms with Crippen molar-refractivity contribution < 1.29 is 13.0 Å². The first-order chi connectivity index (χ1) is 5.43. The van der Waals surface area contributed by atoms with E-state index in [1.54, 1.807) is 0 Å². The van der Waals surface area contributed by atoms with E-state index in [0.29, 0.717) is 0 Å². The largest absolute Gasteiger partial charge is 0.296 e. The molecule has 3 nitrogen and oxygen atoms in total. The third kappa shape index (κ3) is 3.00. The molecule has 0 heterocycles. The zero-order valence-electron chi connectivity index (χ0n) is 6.07. The van der Waals surface area contributed by atoms with Crippen molar-refractivity contribution in [3.05, 3.63) is 28.2 Å². The van der Waals surface area contributed by atoms with Gasteiger partial charge in [0.05, 0.1) is 10.0 Å². The number of rotatable bonds is 1. The van der Waals surface area contributed by atoms with Gasteiger partial charge in [-0.3, -0.25) is 4.55 Å². The number of hydrogen-bond acceptors (Lipinski definition) is 2. The van der Waals surface area contributed by atoms with Gasteiger partial charge in [0, 0.05) is 0 Å². The van der Waals surface area contributed by atoms with E-state index in [1.165, 1.54) is 18.2 Å². The molecule has 0 saturated carbocycles. The molecule has 0 aliphatic rings. The molecule has 1 N–H and O–H groups in total. The molecular weight excluding hydrogens is 258 g/mol. The number of halogens is 3. The van der Waals surface area contributed by atoms with Crippen molar-refractivity contribution >= 4 is 45.7 Å². The van der Waals surface area contributed by atoms with Gasteiger partial charge in [-0.2, -0.15) is 8.42 Å². The van der Waals surface area contributed by atoms with Crippen LogP contribution in [0.3, 0.4) is 0 Å². The lowest BCUT2D eigenvalue weighted by molar-refractivity contribution is 0.483. The van der Waals surface area contributed by atoms with Crippen molar-refractivity contribution in [1.82, 2.24) is 0 Å². The molecule has 0 spiro atoms. The first kappa shape index (κ1) is 13.0. The van der Waals surface area contributed by atoms with Crippen LogP contribution in [0.4, 0.5) is 0 Å². The SMILES string of the molecule is Cl.O=S(=O)(O)c1cccc(Cl)c1Cl. The van der Waals surface area contributed by atoms with E-state index >= 15 is 0 Å². The normalized spacial score (nSPS) is 10.7. The second-order valence-electron chi connectivity index (χ2n) is 2.03. The Bertz CT molecular complexity index is 402. The molecule has 0 unspecified atom stereocenters. The molecule has 0 saturated heterocycles. The fourth-order valence-electron chi connectivity index (χ4n) is 0.683. The monoisotopic (exact) mass is 262 g/mol. The highest BCUT2D eigenvalue weighted by molar-refractivity contribution is 7.86. The molecule has 13 heavy (non-hydrogen) atoms. The molecule has 0 aromatic heterocycles. The summed E-state index contributed by atoms with van der Waals surface area (Å²) < 4.78 is 29.9. The number of benzene rings is 1. The maximum atomic E-state index is 10.6. The standard InChI is InChI=1S/C6H4Cl2O3S.ClH/c7-4-2-1-3-5(6(4)8)12(9,10)11;/h1-3H,(H,9,10,11);1H. The Labute approximate surface area is 91.8 Å². The lowest BCUT2D eigenvalue weighted by Crippen LogP contribution is -1.98. The minimum absolute atomic E-state index is 0. The van der Waals surface area contributed by atoms with E-state index < -0.39 is 10.1 Å². The van der Waals surface area contributed by atoms with E-state index in [-0.39, 0.29) is 27.3 Å². The highest BCUT2D eigenvalue weighted by atomic mass is 35.5. The van der Waals surface area contributed by atoms with Gasteiger partial charge in [-0.1, -0.05) is 29.3 Å². The molecule has 0 amide bonds. The highest BCUT2D eigenvalue weighted by Crippen LogP contribution is 2.28. The van der Waals surface area contributed by atoms with E-state index in [9.17, 15) is 8.42 Å². The van der Waals surface area contributed by atoms with Crippen LogP contribution in [0, 0.1) is 0 Å². The lowest BCUT2D eigenvalue weighted by Gasteiger charge is -2.00. The van der Waals surface area contributed by atoms with E-state index in [4.69, 9.17) is 27.8 Å². The first-order valence-corrected chi connectivity index (χ1v) is 5.04. The fourth-order valence-corrected chi connectivity index (χ4v) is 1.92. The van der Waals surface area contributed by atoms with Gasteiger partial charge in [0.1, 0.15) is 4.90 Å². The molecule has 1 aromatic carbocycles. The molecule has 74 valence electrons. The van der Waals surface area contributed by atoms with Gasteiger partial charge in [-0.05, 0) is 12.1 Å². The zero-order chi connectivity index (χ0) is 9.35. The summed E-state index contributed by atoms with van der Waals surface area (Å²) in [5.41, 5.74) is 0. The summed E-state index contributed by atoms with van der Waals surface area (Å²) >= 11 is 11.0. The minimum Gasteiger partial charge on any atom is -0.282 e. The van der Waals surface area contributed by atoms with Gasteiger partial charge >= 0.3 is 0 Å². The molecule has 7 heteroatoms. The van der Waals surface area contributed by atoms with Crippen LogP contribution in [0.2, 0.25) is 10.0 Å². The van der Waals surface area contributed by atoms with Crippen molar-refractivity contribution in [2.75, 3.05) is 0 Å². The van der Waals surface area contributed by atoms with Crippen LogP contribution in [0.15, 0.2) is 23.1 Å². The predicted molar refractivity (Wildman–Crippen MR) is 53.5 cm³/mol. The Kier molecular flexibility index (Phi) is 4.48. The maximum absolute atomic E-state index is 10.6. The Balaban J connectivity index is 0.00000144. The Morgan fingerprint density at radius 2 is 1.77 bits per heavy atom. The van der Waals surface area contributed by atoms with Crippen molar-refractivity contribution in [3.63, 3.8) is 0 Å². The smallest absolute Gasteiger partial charge is 0.282 e. The molecular formula is C6H5Cl3O3S. The Morgan fingerprint density at radius 1 is 1.23 bits per heavy atom. The van der Waals surface area contributed by atoms with E-state index in [0.717, 1.165) is 0 Å². The summed E-state index contributed by atoms with van der Waals surface area (Å²) in [5, 5.41) is -0.0755. The van der Waals surface area contributed by atoms with Gasteiger partial charge in [-0.15, -0.1) is 12.4 Å². The average Bonchev–Trinajstić information content (AvgIpc) is 1.92. The minimum atomic E-state index is -4.27. The van der Waals surface area contributed by atoms with Crippen LogP contribution < -0.4 is 0 Å². The molecule has 0 aliphatic carbocycles. The van der Waals surface area contributed by atoms with Crippen LogP contribution in [-0.4, -0.2) is 13.0 Å². The molecule has 0 radical (unpaired) electrons. The van der Waals surface area contributed by atoms with Crippen molar-refractivity contribution in [2.45, 2.75) is 4.90 Å². The van der Waals surface area contributed by atoms with Crippen LogP contribution in [0.25, 0.3) is 0 Å². The van der Waals surface area contributed by atoms with Crippen LogP contribution in [-0.2, 0) is 10.1 Å². The molecule has 1 rings (SSSR count). The van der Waals surface area contributed by atoms with Gasteiger partial charge in [0.2, 0.25) is 0 Å². The maximum Gasteiger partial charge on any atom is 0.296 e. The van der Waals surface area contributed by atoms with E-state index in [2.05, 4.69) is 0 Å². The molecule has 0 fully saturated rings. The highest BCUT2D eigenvalue weighted by Gasteiger charge is 2.15. The molecule has 0 bridgehead atoms. The zero-order valence-corrected chi connectivity index (χ0v) is 9.21. The topological polar surface area (TPSA) is 54.4 Å². The van der Waals surface area contributed by atoms with Crippen LogP contribution in [0.1, 0.15) is 0 Å². The quantitative estimate of drug-likeness (QED) is 0.793. The Hall–Kier alpha value is -0.000000000000000111. The lowest BCUT2D eigenvalue weighted by atomic mass is 10.4. The average molecular weight is 264 g/mol. The summed E-state index contributed by atoms with van der Waals surface area (Å²) in [6.45, 7) is 0. The molecule has 0 atom stereocenters. The molecule has 1 aromatic rings. The van der Waals surface area contributed by atoms with Crippen molar-refractivity contribution in [1.29, 1.82) is 0 Å². The van der Waals surface area contributed by atoms with Crippen molar-refractivity contribution in [2.24, 2.45) is 0 Å². The summed E-state index contributed by atoms with van der Waals surface area (Å²) in [6.07, 6.45) is 0. The van der Waals surface area contributed by atoms with Crippen molar-refractivity contribution in [3.8, 4) is 0 Å². The van der Waals surface area contributed by atoms with E-state index in [1.807, 2.05) is 0 Å². The third-order valence-electron chi connectivity index (χ3n) is 1.19. The molecule has 0 aliphatic heterocycles. The van der Waals surface area contributed by atoms with Gasteiger partial charge in [0.25, 0.3) is 10.1 Å². The predicted octanol–water partition coefficient (Wildman–Crippen LogP) is 2.66. The third-order valence-corrected chi connectivity index (χ3v) is 3.02. The summed E-state index contributed by atoms with van der Waals surface area (Å²) in [5.74, 6) is 0. The first-order valence-electron chi connectivity index (χ1n) is 2.84. The van der Waals surface area contributed by atoms with Crippen LogP contribution in [0.5, 0.6) is 0 Å². The summed E-state index contributed by atoms with van der Waals surface area (Å²) in [6, 6.07) is 3.99. The van der Waals surface area contributed by atoms with Gasteiger partial charge in [0.15, 0.2) is 0 Å². The second kappa shape index (κ2) is 4.48.